The Morgan fingerprint density at radius 3 is 2.76 bits per heavy atom. The zero-order chi connectivity index (χ0) is 20.2. The second-order valence-electron chi connectivity index (χ2n) is 7.25. The van der Waals surface area contributed by atoms with Crippen molar-refractivity contribution in [2.24, 2.45) is 0 Å². The SMILES string of the molecule is Cc1nn(C2CCCCO2)c(CO)c1-c1cc(Cl)ccc1OCc1ccccc1. The van der Waals surface area contributed by atoms with Gasteiger partial charge in [0.05, 0.1) is 18.0 Å². The van der Waals surface area contributed by atoms with E-state index in [9.17, 15) is 5.11 Å². The van der Waals surface area contributed by atoms with Gasteiger partial charge in [-0.3, -0.25) is 0 Å². The average molecular weight is 413 g/mol. The second-order valence-corrected chi connectivity index (χ2v) is 7.68. The highest BCUT2D eigenvalue weighted by molar-refractivity contribution is 6.31. The van der Waals surface area contributed by atoms with Crippen molar-refractivity contribution in [3.8, 4) is 16.9 Å². The number of aryl methyl sites for hydroxylation is 1. The van der Waals surface area contributed by atoms with Crippen LogP contribution in [0, 0.1) is 6.92 Å². The maximum atomic E-state index is 10.2. The number of nitrogens with zero attached hydrogens (tertiary/aromatic N) is 2. The second kappa shape index (κ2) is 8.99. The summed E-state index contributed by atoms with van der Waals surface area (Å²) in [6.45, 7) is 2.96. The van der Waals surface area contributed by atoms with Crippen molar-refractivity contribution in [3.05, 3.63) is 70.5 Å². The smallest absolute Gasteiger partial charge is 0.150 e. The average Bonchev–Trinajstić information content (AvgIpc) is 3.10. The van der Waals surface area contributed by atoms with Crippen LogP contribution in [0.2, 0.25) is 5.02 Å². The quantitative estimate of drug-likeness (QED) is 0.598. The van der Waals surface area contributed by atoms with Gasteiger partial charge in [0.2, 0.25) is 0 Å². The fourth-order valence-electron chi connectivity index (χ4n) is 3.81. The molecule has 4 rings (SSSR count). The minimum Gasteiger partial charge on any atom is -0.488 e. The van der Waals surface area contributed by atoms with Crippen LogP contribution in [0.5, 0.6) is 5.75 Å². The van der Waals surface area contributed by atoms with Gasteiger partial charge in [0.25, 0.3) is 0 Å². The standard InChI is InChI=1S/C23H25ClN2O3/c1-16-23(20(14-27)26(25-16)22-9-5-6-12-28-22)19-13-18(24)10-11-21(19)29-15-17-7-3-2-4-8-17/h2-4,7-8,10-11,13,22,27H,5-6,9,12,14-15H2,1H3. The number of hydrogen-bond acceptors (Lipinski definition) is 4. The Balaban J connectivity index is 1.72. The summed E-state index contributed by atoms with van der Waals surface area (Å²) in [5, 5.41) is 15.5. The molecule has 2 aromatic carbocycles. The summed E-state index contributed by atoms with van der Waals surface area (Å²) in [4.78, 5) is 0. The van der Waals surface area contributed by atoms with Crippen LogP contribution in [0.15, 0.2) is 48.5 Å². The van der Waals surface area contributed by atoms with E-state index in [1.165, 1.54) is 0 Å². The highest BCUT2D eigenvalue weighted by Crippen LogP contribution is 2.39. The number of aromatic nitrogens is 2. The number of rotatable bonds is 6. The van der Waals surface area contributed by atoms with Crippen LogP contribution in [-0.2, 0) is 18.0 Å². The first-order chi connectivity index (χ1) is 14.2. The zero-order valence-electron chi connectivity index (χ0n) is 16.5. The summed E-state index contributed by atoms with van der Waals surface area (Å²) in [5.74, 6) is 0.708. The van der Waals surface area contributed by atoms with Crippen molar-refractivity contribution in [2.75, 3.05) is 6.61 Å². The molecule has 3 aromatic rings. The van der Waals surface area contributed by atoms with E-state index in [-0.39, 0.29) is 12.8 Å². The van der Waals surface area contributed by atoms with Gasteiger partial charge in [-0.15, -0.1) is 0 Å². The lowest BCUT2D eigenvalue weighted by atomic mass is 10.0. The maximum Gasteiger partial charge on any atom is 0.150 e. The molecule has 1 aliphatic heterocycles. The highest BCUT2D eigenvalue weighted by Gasteiger charge is 2.25. The fourth-order valence-corrected chi connectivity index (χ4v) is 3.98. The number of benzene rings is 2. The van der Waals surface area contributed by atoms with Crippen molar-refractivity contribution >= 4 is 11.6 Å². The van der Waals surface area contributed by atoms with E-state index in [2.05, 4.69) is 0 Å². The van der Waals surface area contributed by atoms with Crippen LogP contribution in [0.1, 0.15) is 42.4 Å². The van der Waals surface area contributed by atoms with Gasteiger partial charge >= 0.3 is 0 Å². The molecule has 5 nitrogen and oxygen atoms in total. The molecule has 152 valence electrons. The van der Waals surface area contributed by atoms with Crippen LogP contribution in [0.25, 0.3) is 11.1 Å². The number of ether oxygens (including phenoxy) is 2. The minimum atomic E-state index is -0.147. The first kappa shape index (κ1) is 20.0. The largest absolute Gasteiger partial charge is 0.488 e. The lowest BCUT2D eigenvalue weighted by molar-refractivity contribution is -0.0427. The van der Waals surface area contributed by atoms with Crippen LogP contribution in [0.4, 0.5) is 0 Å². The molecule has 0 spiro atoms. The van der Waals surface area contributed by atoms with E-state index >= 15 is 0 Å². The molecule has 1 unspecified atom stereocenters. The van der Waals surface area contributed by atoms with Gasteiger partial charge in [0.1, 0.15) is 12.4 Å². The van der Waals surface area contributed by atoms with Crippen LogP contribution in [-0.4, -0.2) is 21.5 Å². The maximum absolute atomic E-state index is 10.2. The van der Waals surface area contributed by atoms with Crippen molar-refractivity contribution in [1.82, 2.24) is 9.78 Å². The molecular formula is C23H25ClN2O3. The Kier molecular flexibility index (Phi) is 6.19. The molecular weight excluding hydrogens is 388 g/mol. The van der Waals surface area contributed by atoms with E-state index in [1.54, 1.807) is 0 Å². The van der Waals surface area contributed by atoms with Crippen molar-refractivity contribution in [2.45, 2.75) is 45.6 Å². The lowest BCUT2D eigenvalue weighted by Crippen LogP contribution is -2.21. The van der Waals surface area contributed by atoms with E-state index in [4.69, 9.17) is 26.2 Å². The Morgan fingerprint density at radius 2 is 2.03 bits per heavy atom. The molecule has 1 saturated heterocycles. The first-order valence-electron chi connectivity index (χ1n) is 9.94. The lowest BCUT2D eigenvalue weighted by Gasteiger charge is -2.24. The third-order valence-corrected chi connectivity index (χ3v) is 5.45. The Morgan fingerprint density at radius 1 is 1.21 bits per heavy atom. The van der Waals surface area contributed by atoms with E-state index in [1.807, 2.05) is 60.1 Å². The molecule has 1 N–H and O–H groups in total. The first-order valence-corrected chi connectivity index (χ1v) is 10.3. The van der Waals surface area contributed by atoms with E-state index < -0.39 is 0 Å². The van der Waals surface area contributed by atoms with E-state index in [0.717, 1.165) is 47.3 Å². The molecule has 0 bridgehead atoms. The van der Waals surface area contributed by atoms with Gasteiger partial charge in [-0.2, -0.15) is 5.10 Å². The Labute approximate surface area is 175 Å². The number of hydrogen-bond donors (Lipinski definition) is 1. The summed E-state index contributed by atoms with van der Waals surface area (Å²) >= 11 is 6.32. The third kappa shape index (κ3) is 4.32. The Bertz CT molecular complexity index is 966. The molecule has 1 fully saturated rings. The Hall–Kier alpha value is -2.34. The molecule has 0 radical (unpaired) electrons. The van der Waals surface area contributed by atoms with Gasteiger partial charge in [-0.05, 0) is 49.9 Å². The predicted octanol–water partition coefficient (Wildman–Crippen LogP) is 5.28. The number of aliphatic hydroxyl groups excluding tert-OH is 1. The minimum absolute atomic E-state index is 0.138. The van der Waals surface area contributed by atoms with Crippen molar-refractivity contribution in [3.63, 3.8) is 0 Å². The summed E-state index contributed by atoms with van der Waals surface area (Å²) in [6.07, 6.45) is 2.89. The molecule has 0 amide bonds. The summed E-state index contributed by atoms with van der Waals surface area (Å²) in [7, 11) is 0. The van der Waals surface area contributed by atoms with Crippen LogP contribution >= 0.6 is 11.6 Å². The van der Waals surface area contributed by atoms with E-state index in [0.29, 0.717) is 24.0 Å². The van der Waals surface area contributed by atoms with Gasteiger partial charge in [-0.25, -0.2) is 4.68 Å². The molecule has 0 saturated carbocycles. The van der Waals surface area contributed by atoms with Crippen molar-refractivity contribution in [1.29, 1.82) is 0 Å². The normalized spacial score (nSPS) is 16.7. The number of halogens is 1. The predicted molar refractivity (Wildman–Crippen MR) is 113 cm³/mol. The van der Waals surface area contributed by atoms with Gasteiger partial charge in [0, 0.05) is 22.8 Å². The molecule has 2 heterocycles. The molecule has 1 aliphatic rings. The fraction of sp³-hybridized carbons (Fsp3) is 0.348. The molecule has 1 aromatic heterocycles. The molecule has 29 heavy (non-hydrogen) atoms. The molecule has 0 aliphatic carbocycles. The van der Waals surface area contributed by atoms with Gasteiger partial charge in [-0.1, -0.05) is 41.9 Å². The summed E-state index contributed by atoms with van der Waals surface area (Å²) < 4.78 is 13.9. The van der Waals surface area contributed by atoms with Gasteiger partial charge in [0.15, 0.2) is 6.23 Å². The summed E-state index contributed by atoms with van der Waals surface area (Å²) in [6, 6.07) is 15.6. The third-order valence-electron chi connectivity index (χ3n) is 5.21. The summed E-state index contributed by atoms with van der Waals surface area (Å²) in [5.41, 5.74) is 4.30. The topological polar surface area (TPSA) is 56.5 Å². The highest BCUT2D eigenvalue weighted by atomic mass is 35.5. The van der Waals surface area contributed by atoms with Crippen LogP contribution in [0.3, 0.4) is 0 Å². The van der Waals surface area contributed by atoms with Crippen molar-refractivity contribution < 1.29 is 14.6 Å². The molecule has 6 heteroatoms. The monoisotopic (exact) mass is 412 g/mol. The number of aliphatic hydroxyl groups is 1. The van der Waals surface area contributed by atoms with Gasteiger partial charge < -0.3 is 14.6 Å². The zero-order valence-corrected chi connectivity index (χ0v) is 17.2. The molecule has 1 atom stereocenters. The van der Waals surface area contributed by atoms with Crippen LogP contribution < -0.4 is 4.74 Å².